The lowest BCUT2D eigenvalue weighted by Crippen LogP contribution is -2.41. The van der Waals surface area contributed by atoms with Gasteiger partial charge in [-0.3, -0.25) is 14.5 Å². The second-order valence-corrected chi connectivity index (χ2v) is 6.56. The minimum absolute atomic E-state index is 0.0768. The fourth-order valence-corrected chi connectivity index (χ4v) is 2.58. The number of aryl methyl sites for hydroxylation is 1. The molecule has 0 aliphatic heterocycles. The Kier molecular flexibility index (Phi) is 7.81. The average molecular weight is 418 g/mol. The van der Waals surface area contributed by atoms with Gasteiger partial charge < -0.3 is 10.1 Å². The highest BCUT2D eigenvalue weighted by atomic mass is 127. The fourth-order valence-electron chi connectivity index (χ4n) is 1.94. The summed E-state index contributed by atoms with van der Waals surface area (Å²) in [6.45, 7) is 8.23. The number of carbonyl (C=O) groups excluding carboxylic acids is 2. The molecule has 1 rings (SSSR count). The summed E-state index contributed by atoms with van der Waals surface area (Å²) in [5, 5.41) is 2.89. The van der Waals surface area contributed by atoms with Gasteiger partial charge in [-0.1, -0.05) is 0 Å². The highest BCUT2D eigenvalue weighted by Crippen LogP contribution is 2.17. The van der Waals surface area contributed by atoms with Gasteiger partial charge in [-0.2, -0.15) is 0 Å². The van der Waals surface area contributed by atoms with Crippen LogP contribution in [0.2, 0.25) is 0 Å². The monoisotopic (exact) mass is 418 g/mol. The zero-order chi connectivity index (χ0) is 16.7. The average Bonchev–Trinajstić information content (AvgIpc) is 2.41. The second-order valence-electron chi connectivity index (χ2n) is 5.31. The minimum atomic E-state index is -0.311. The number of rotatable bonds is 7. The molecule has 22 heavy (non-hydrogen) atoms. The van der Waals surface area contributed by atoms with E-state index < -0.39 is 0 Å². The van der Waals surface area contributed by atoms with E-state index in [9.17, 15) is 9.59 Å². The summed E-state index contributed by atoms with van der Waals surface area (Å²) in [4.78, 5) is 25.6. The maximum atomic E-state index is 12.2. The van der Waals surface area contributed by atoms with Gasteiger partial charge in [-0.05, 0) is 74.0 Å². The Hall–Kier alpha value is -1.15. The molecule has 5 nitrogen and oxygen atoms in total. The Balaban J connectivity index is 2.65. The molecule has 0 aromatic heterocycles. The third kappa shape index (κ3) is 6.31. The van der Waals surface area contributed by atoms with Gasteiger partial charge in [-0.25, -0.2) is 0 Å². The van der Waals surface area contributed by atoms with Crippen LogP contribution in [0.1, 0.15) is 26.3 Å². The number of ether oxygens (including phenoxy) is 1. The number of hydrogen-bond donors (Lipinski definition) is 1. The van der Waals surface area contributed by atoms with Crippen LogP contribution in [0.3, 0.4) is 0 Å². The number of benzene rings is 1. The summed E-state index contributed by atoms with van der Waals surface area (Å²) < 4.78 is 6.07. The molecule has 0 saturated carbocycles. The lowest BCUT2D eigenvalue weighted by molar-refractivity contribution is -0.145. The topological polar surface area (TPSA) is 58.6 Å². The highest BCUT2D eigenvalue weighted by molar-refractivity contribution is 14.1. The van der Waals surface area contributed by atoms with Crippen LogP contribution in [0.5, 0.6) is 0 Å². The molecular formula is C16H23IN2O3. The number of amides is 1. The van der Waals surface area contributed by atoms with Gasteiger partial charge in [0.2, 0.25) is 5.91 Å². The molecule has 0 aliphatic rings. The van der Waals surface area contributed by atoms with E-state index in [1.54, 1.807) is 11.8 Å². The number of halogens is 1. The first-order chi connectivity index (χ1) is 10.3. The second kappa shape index (κ2) is 9.09. The quantitative estimate of drug-likeness (QED) is 0.547. The largest absolute Gasteiger partial charge is 0.465 e. The first-order valence-corrected chi connectivity index (χ1v) is 8.37. The van der Waals surface area contributed by atoms with Gasteiger partial charge >= 0.3 is 5.97 Å². The van der Waals surface area contributed by atoms with Gasteiger partial charge in [0.15, 0.2) is 0 Å². The minimum Gasteiger partial charge on any atom is -0.465 e. The number of carbonyl (C=O) groups is 2. The molecule has 0 bridgehead atoms. The number of hydrogen-bond acceptors (Lipinski definition) is 4. The fraction of sp³-hybridized carbons (Fsp3) is 0.500. The molecule has 0 unspecified atom stereocenters. The van der Waals surface area contributed by atoms with Crippen molar-refractivity contribution in [3.63, 3.8) is 0 Å². The van der Waals surface area contributed by atoms with Gasteiger partial charge in [-0.15, -0.1) is 0 Å². The molecule has 1 N–H and O–H groups in total. The van der Waals surface area contributed by atoms with E-state index in [-0.39, 0.29) is 31.0 Å². The molecule has 0 atom stereocenters. The van der Waals surface area contributed by atoms with Crippen molar-refractivity contribution in [1.82, 2.24) is 4.90 Å². The Morgan fingerprint density at radius 3 is 2.55 bits per heavy atom. The molecule has 0 fully saturated rings. The van der Waals surface area contributed by atoms with Gasteiger partial charge in [0.25, 0.3) is 0 Å². The summed E-state index contributed by atoms with van der Waals surface area (Å²) in [7, 11) is 0. The van der Waals surface area contributed by atoms with Crippen LogP contribution in [-0.4, -0.2) is 42.5 Å². The predicted molar refractivity (Wildman–Crippen MR) is 95.9 cm³/mol. The number of nitrogens with zero attached hydrogens (tertiary/aromatic N) is 1. The van der Waals surface area contributed by atoms with Crippen LogP contribution in [0, 0.1) is 10.5 Å². The maximum absolute atomic E-state index is 12.2. The lowest BCUT2D eigenvalue weighted by atomic mass is 10.2. The first-order valence-electron chi connectivity index (χ1n) is 7.29. The van der Waals surface area contributed by atoms with E-state index >= 15 is 0 Å². The molecule has 6 heteroatoms. The molecular weight excluding hydrogens is 395 g/mol. The summed E-state index contributed by atoms with van der Waals surface area (Å²) >= 11 is 2.23. The molecule has 0 spiro atoms. The zero-order valence-corrected chi connectivity index (χ0v) is 15.6. The van der Waals surface area contributed by atoms with E-state index in [1.165, 1.54) is 0 Å². The molecule has 0 heterocycles. The Labute approximate surface area is 145 Å². The van der Waals surface area contributed by atoms with Crippen molar-refractivity contribution >= 4 is 40.2 Å². The van der Waals surface area contributed by atoms with Crippen molar-refractivity contribution in [3.8, 4) is 0 Å². The van der Waals surface area contributed by atoms with E-state index in [0.29, 0.717) is 6.61 Å². The van der Waals surface area contributed by atoms with E-state index in [1.807, 2.05) is 39.0 Å². The van der Waals surface area contributed by atoms with Crippen LogP contribution >= 0.6 is 22.6 Å². The van der Waals surface area contributed by atoms with Crippen LogP contribution in [-0.2, 0) is 14.3 Å². The van der Waals surface area contributed by atoms with Crippen molar-refractivity contribution in [2.75, 3.05) is 25.0 Å². The third-order valence-electron chi connectivity index (χ3n) is 3.18. The van der Waals surface area contributed by atoms with Crippen LogP contribution in [0.25, 0.3) is 0 Å². The predicted octanol–water partition coefficient (Wildman–Crippen LogP) is 2.81. The maximum Gasteiger partial charge on any atom is 0.320 e. The van der Waals surface area contributed by atoms with Crippen molar-refractivity contribution in [3.05, 3.63) is 27.3 Å². The van der Waals surface area contributed by atoms with Crippen LogP contribution in [0.15, 0.2) is 18.2 Å². The van der Waals surface area contributed by atoms with Crippen molar-refractivity contribution in [2.24, 2.45) is 0 Å². The smallest absolute Gasteiger partial charge is 0.320 e. The lowest BCUT2D eigenvalue weighted by Gasteiger charge is -2.24. The van der Waals surface area contributed by atoms with Crippen molar-refractivity contribution in [2.45, 2.75) is 33.7 Å². The van der Waals surface area contributed by atoms with Crippen molar-refractivity contribution < 1.29 is 14.3 Å². The number of nitrogens with one attached hydrogen (secondary N) is 1. The molecule has 0 aliphatic carbocycles. The first kappa shape index (κ1) is 18.9. The summed E-state index contributed by atoms with van der Waals surface area (Å²) in [5.41, 5.74) is 1.81. The molecule has 1 aromatic carbocycles. The molecule has 1 amide bonds. The number of esters is 1. The summed E-state index contributed by atoms with van der Waals surface area (Å²) in [6, 6.07) is 5.92. The normalized spacial score (nSPS) is 10.9. The SMILES string of the molecule is CCOC(=O)CN(CC(=O)Nc1ccc(I)cc1C)C(C)C. The van der Waals surface area contributed by atoms with E-state index in [0.717, 1.165) is 14.8 Å². The molecule has 1 aromatic rings. The summed E-state index contributed by atoms with van der Waals surface area (Å²) in [5.74, 6) is -0.447. The van der Waals surface area contributed by atoms with Gasteiger partial charge in [0.05, 0.1) is 19.7 Å². The third-order valence-corrected chi connectivity index (χ3v) is 3.85. The van der Waals surface area contributed by atoms with Crippen LogP contribution < -0.4 is 5.32 Å². The molecule has 0 radical (unpaired) electrons. The van der Waals surface area contributed by atoms with Gasteiger partial charge in [0, 0.05) is 15.3 Å². The Morgan fingerprint density at radius 1 is 1.32 bits per heavy atom. The summed E-state index contributed by atoms with van der Waals surface area (Å²) in [6.07, 6.45) is 0. The van der Waals surface area contributed by atoms with Crippen molar-refractivity contribution in [1.29, 1.82) is 0 Å². The zero-order valence-electron chi connectivity index (χ0n) is 13.5. The highest BCUT2D eigenvalue weighted by Gasteiger charge is 2.18. The Bertz CT molecular complexity index is 532. The van der Waals surface area contributed by atoms with Gasteiger partial charge in [0.1, 0.15) is 0 Å². The molecule has 122 valence electrons. The number of anilines is 1. The van der Waals surface area contributed by atoms with E-state index in [2.05, 4.69) is 27.9 Å². The van der Waals surface area contributed by atoms with Crippen LogP contribution in [0.4, 0.5) is 5.69 Å². The van der Waals surface area contributed by atoms with E-state index in [4.69, 9.17) is 4.74 Å². The standard InChI is InChI=1S/C16H23IN2O3/c1-5-22-16(21)10-19(11(2)3)9-15(20)18-14-7-6-13(17)8-12(14)4/h6-8,11H,5,9-10H2,1-4H3,(H,18,20). The molecule has 0 saturated heterocycles. The Morgan fingerprint density at radius 2 is 2.00 bits per heavy atom.